The predicted molar refractivity (Wildman–Crippen MR) is 398 cm³/mol. The molecular formula is C69H106BrCl3FMgN9O7S3Si. The Morgan fingerprint density at radius 3 is 1.24 bits per heavy atom. The van der Waals surface area contributed by atoms with Gasteiger partial charge in [-0.15, -0.1) is 34.0 Å². The van der Waals surface area contributed by atoms with E-state index >= 15 is 0 Å². The van der Waals surface area contributed by atoms with E-state index in [1.807, 2.05) is 13.0 Å². The fourth-order valence-corrected chi connectivity index (χ4v) is 17.0. The van der Waals surface area contributed by atoms with Gasteiger partial charge < -0.3 is 55.0 Å². The summed E-state index contributed by atoms with van der Waals surface area (Å²) in [4.78, 5) is 76.8. The molecule has 0 radical (unpaired) electrons. The molecule has 0 aliphatic heterocycles. The van der Waals surface area contributed by atoms with Crippen molar-refractivity contribution in [1.82, 2.24) is 29.9 Å². The van der Waals surface area contributed by atoms with E-state index in [0.717, 1.165) is 61.8 Å². The maximum Gasteiger partial charge on any atom is 2.00 e. The van der Waals surface area contributed by atoms with E-state index in [4.69, 9.17) is 45.7 Å². The molecule has 0 amide bonds. The van der Waals surface area contributed by atoms with Crippen molar-refractivity contribution in [2.75, 3.05) is 29.7 Å². The van der Waals surface area contributed by atoms with Gasteiger partial charge in [-0.1, -0.05) is 139 Å². The van der Waals surface area contributed by atoms with Crippen molar-refractivity contribution in [3.8, 4) is 0 Å². The molecule has 6 aromatic rings. The quantitative estimate of drug-likeness (QED) is 0.0207. The SMILES string of the molecule is C.C.C.CCO.CC[C@H]1C[C@@H](Nc2ncncc2C(=O)c2cc(C(C)O)c(Cl)s2)C[C@@H]1C.CC[C@H]1C[C@@H](Nc2ncncc2C(=O)c2cc(C(C)O[Si](C)(C)C(C)(C)C)c(Cl)s2)C[C@@H]1C.CC[C@H]1C[C@@H](Nc2ncncc2C(=O)c2cc(C=O)c(Cl)s2)C[C@@H]1C.[2H]CF.[Br-].[CH3-].[Mg+2]. The summed E-state index contributed by atoms with van der Waals surface area (Å²) < 4.78 is 23.4. The van der Waals surface area contributed by atoms with Crippen molar-refractivity contribution in [3.63, 3.8) is 0 Å². The van der Waals surface area contributed by atoms with Gasteiger partial charge in [0.2, 0.25) is 17.3 Å². The van der Waals surface area contributed by atoms with Crippen LogP contribution in [0.5, 0.6) is 0 Å². The zero-order valence-corrected chi connectivity index (χ0v) is 64.6. The maximum absolute atomic E-state index is 13.5. The third kappa shape index (κ3) is 25.3. The molecule has 9 rings (SSSR count). The maximum atomic E-state index is 13.5. The summed E-state index contributed by atoms with van der Waals surface area (Å²) in [7, 11) is -2.97. The van der Waals surface area contributed by atoms with Crippen LogP contribution < -0.4 is 32.9 Å². The van der Waals surface area contributed by atoms with Gasteiger partial charge >= 0.3 is 23.1 Å². The van der Waals surface area contributed by atoms with Crippen LogP contribution in [0.2, 0.25) is 31.1 Å². The number of aromatic nitrogens is 6. The average molecular weight is 1530 g/mol. The van der Waals surface area contributed by atoms with Crippen LogP contribution >= 0.6 is 68.8 Å². The van der Waals surface area contributed by atoms with Gasteiger partial charge in [0.05, 0.1) is 60.7 Å². The molecule has 528 valence electrons. The van der Waals surface area contributed by atoms with Crippen molar-refractivity contribution in [3.05, 3.63) is 124 Å². The molecule has 26 heteroatoms. The Morgan fingerprint density at radius 1 is 0.663 bits per heavy atom. The van der Waals surface area contributed by atoms with E-state index in [9.17, 15) is 28.7 Å². The fraction of sp³-hybridized carbons (Fsp3) is 0.580. The van der Waals surface area contributed by atoms with E-state index in [2.05, 4.69) is 121 Å². The van der Waals surface area contributed by atoms with Crippen LogP contribution in [0.4, 0.5) is 21.8 Å². The summed E-state index contributed by atoms with van der Waals surface area (Å²) >= 11 is 22.3. The minimum atomic E-state index is -1.97. The van der Waals surface area contributed by atoms with Crippen LogP contribution in [0, 0.1) is 42.9 Å². The van der Waals surface area contributed by atoms with Gasteiger partial charge in [0.1, 0.15) is 40.8 Å². The van der Waals surface area contributed by atoms with Crippen LogP contribution in [0.25, 0.3) is 0 Å². The van der Waals surface area contributed by atoms with Crippen LogP contribution in [-0.4, -0.2) is 127 Å². The van der Waals surface area contributed by atoms with E-state index in [-0.39, 0.29) is 105 Å². The number of anilines is 3. The summed E-state index contributed by atoms with van der Waals surface area (Å²) in [5.41, 5.74) is 3.11. The number of ketones is 3. The zero-order valence-electron chi connectivity index (χ0n) is 56.8. The number of carbonyl (C=O) groups excluding carboxylic acids is 4. The number of carbonyl (C=O) groups is 4. The molecule has 0 spiro atoms. The number of aliphatic hydroxyl groups is 2. The number of aliphatic hydroxyl groups excluding tert-OH is 2. The predicted octanol–water partition coefficient (Wildman–Crippen LogP) is 16.5. The molecule has 95 heavy (non-hydrogen) atoms. The third-order valence-electron chi connectivity index (χ3n) is 17.7. The molecule has 3 fully saturated rings. The number of halogens is 5. The zero-order chi connectivity index (χ0) is 66.8. The summed E-state index contributed by atoms with van der Waals surface area (Å²) in [5.74, 6) is 5.36. The van der Waals surface area contributed by atoms with E-state index < -0.39 is 21.6 Å². The molecule has 0 aromatic carbocycles. The monoisotopic (exact) mass is 1520 g/mol. The molecule has 3 aliphatic rings. The molecule has 16 nitrogen and oxygen atoms in total. The first-order chi connectivity index (χ1) is 42.6. The first-order valence-electron chi connectivity index (χ1n) is 31.3. The summed E-state index contributed by atoms with van der Waals surface area (Å²) in [6.45, 7) is 30.2. The normalized spacial score (nSPS) is 20.7. The number of nitrogens with zero attached hydrogens (tertiary/aromatic N) is 6. The molecule has 11 atom stereocenters. The molecule has 0 saturated heterocycles. The van der Waals surface area contributed by atoms with Crippen molar-refractivity contribution < 1.29 is 56.6 Å². The van der Waals surface area contributed by atoms with Crippen molar-refractivity contribution >= 4 is 141 Å². The van der Waals surface area contributed by atoms with Gasteiger partial charge in [-0.2, -0.15) is 0 Å². The molecule has 3 aliphatic carbocycles. The van der Waals surface area contributed by atoms with Crippen molar-refractivity contribution in [1.29, 1.82) is 0 Å². The molecule has 6 aromatic heterocycles. The fourth-order valence-electron chi connectivity index (χ4n) is 11.7. The van der Waals surface area contributed by atoms with Crippen molar-refractivity contribution in [2.24, 2.45) is 35.5 Å². The smallest absolute Gasteiger partial charge is 1.00 e. The van der Waals surface area contributed by atoms with Crippen LogP contribution in [0.3, 0.4) is 0 Å². The summed E-state index contributed by atoms with van der Waals surface area (Å²) in [6.07, 6.45) is 18.8. The number of hydrogen-bond acceptors (Lipinski definition) is 19. The van der Waals surface area contributed by atoms with Gasteiger partial charge in [-0.05, 0) is 131 Å². The number of rotatable bonds is 20. The van der Waals surface area contributed by atoms with E-state index in [0.29, 0.717) is 133 Å². The second-order valence-electron chi connectivity index (χ2n) is 24.9. The van der Waals surface area contributed by atoms with Crippen LogP contribution in [0.1, 0.15) is 244 Å². The molecule has 2 unspecified atom stereocenters. The Hall–Kier alpha value is -3.44. The Morgan fingerprint density at radius 2 is 0.968 bits per heavy atom. The molecule has 3 saturated carbocycles. The number of nitrogens with one attached hydrogen (secondary N) is 3. The van der Waals surface area contributed by atoms with E-state index in [1.165, 1.54) is 66.8 Å². The first kappa shape index (κ1) is 91.6. The Balaban J connectivity index is 0. The largest absolute Gasteiger partial charge is 2.00 e. The molecule has 6 heterocycles. The van der Waals surface area contributed by atoms with Gasteiger partial charge in [-0.3, -0.25) is 23.6 Å². The first-order valence-corrected chi connectivity index (χ1v) is 37.1. The number of thiophene rings is 3. The minimum Gasteiger partial charge on any atom is -1.00 e. The van der Waals surface area contributed by atoms with Gasteiger partial charge in [0.15, 0.2) is 14.6 Å². The Labute approximate surface area is 623 Å². The van der Waals surface area contributed by atoms with Gasteiger partial charge in [0.25, 0.3) is 0 Å². The van der Waals surface area contributed by atoms with Crippen LogP contribution in [0.15, 0.2) is 55.8 Å². The van der Waals surface area contributed by atoms with Gasteiger partial charge in [-0.25, -0.2) is 29.9 Å². The molecule has 5 N–H and O–H groups in total. The van der Waals surface area contributed by atoms with Crippen LogP contribution in [-0.2, 0) is 4.43 Å². The summed E-state index contributed by atoms with van der Waals surface area (Å²) in [5, 5.41) is 27.8. The minimum absolute atomic E-state index is 0. The standard InChI is InChI=1S/C25H38ClN3O2SSi.C19H24ClN3O2S.C18H20ClN3O2S.C2H6O.CH3F.3CH4.CH3.BrH.Mg/c1-9-17-11-18(10-15(17)2)29-24-20(13-27-14-28-24)22(30)21-12-19(23(26)32-21)16(3)31-33(7,8)25(4,5)6;1-4-12-6-13(5-10(12)2)23-19-15(8-21-9-22-19)17(25)16-7-14(11(3)24)18(20)26-16;1-3-11-5-13(4-10(11)2)22-18-14(7-20-9-21-18)16(24)15-6-12(8-23)17(19)25-15;1-2-3;1-2;;;;;;/h12-18H,9-11H2,1-8H3,(H,27,28,29);7-13,24H,4-6H2,1-3H3,(H,21,22,23);6-11,13H,3-5H2,1-2H3,(H,20,21,22);3H,2H2,1H3;1H3;3*1H4;1H3;1H;/q;;;;;;;;-1;;+2/p-1/t15-,16?,17-,18-;10-,11?,12-,13-;10-,11-,13-;;;;;;;;/m000......../s1/i;;;;1D;;;;;;. The Kier molecular flexibility index (Phi) is 42.4. The topological polar surface area (TPSA) is 231 Å². The number of aldehydes is 1. The number of hydrogen-bond donors (Lipinski definition) is 5. The Bertz CT molecular complexity index is 3310. The summed E-state index contributed by atoms with van der Waals surface area (Å²) in [6, 6.07) is 6.00. The van der Waals surface area contributed by atoms with E-state index in [1.54, 1.807) is 32.3 Å². The average Bonchev–Trinajstić information content (AvgIpc) is 1.49. The van der Waals surface area contributed by atoms with Gasteiger partial charge in [0, 0.05) is 60.0 Å². The number of alkyl halides is 1. The van der Waals surface area contributed by atoms with Crippen molar-refractivity contribution in [2.45, 2.75) is 212 Å². The third-order valence-corrected chi connectivity index (χ3v) is 26.4. The molecule has 0 bridgehead atoms. The second kappa shape index (κ2) is 44.0. The molecular weight excluding hydrogens is 1420 g/mol. The second-order valence-corrected chi connectivity index (χ2v) is 34.6.